The van der Waals surface area contributed by atoms with Crippen molar-refractivity contribution in [3.8, 4) is 0 Å². The average Bonchev–Trinajstić information content (AvgIpc) is 2.67. The van der Waals surface area contributed by atoms with E-state index in [-0.39, 0.29) is 97.3 Å². The van der Waals surface area contributed by atoms with Gasteiger partial charge in [-0.3, -0.25) is 0 Å². The summed E-state index contributed by atoms with van der Waals surface area (Å²) in [4.78, 5) is 0. The molecule has 0 bridgehead atoms. The smallest absolute Gasteiger partial charge is 0.0304 e. The zero-order chi connectivity index (χ0) is 28.0. The number of rotatable bonds is 14. The van der Waals surface area contributed by atoms with Gasteiger partial charge in [0, 0.05) is 34.5 Å². The molecule has 0 saturated heterocycles. The summed E-state index contributed by atoms with van der Waals surface area (Å²) in [6.07, 6.45) is 0. The summed E-state index contributed by atoms with van der Waals surface area (Å²) in [5.74, 6) is 0. The van der Waals surface area contributed by atoms with Crippen LogP contribution in [0.15, 0.2) is 0 Å². The molecule has 0 aliphatic heterocycles. The van der Waals surface area contributed by atoms with Gasteiger partial charge in [0.2, 0.25) is 0 Å². The summed E-state index contributed by atoms with van der Waals surface area (Å²) in [5.41, 5.74) is 0. The predicted octanol–water partition coefficient (Wildman–Crippen LogP) is 20.2. The summed E-state index contributed by atoms with van der Waals surface area (Å²) in [6, 6.07) is 0. The summed E-state index contributed by atoms with van der Waals surface area (Å²) in [7, 11) is 59.5. The Morgan fingerprint density at radius 1 is 0.400 bits per heavy atom. The molecule has 0 aromatic carbocycles. The van der Waals surface area contributed by atoms with Gasteiger partial charge in [0.25, 0.3) is 0 Å². The molecule has 35 heteroatoms. The Hall–Kier alpha value is 15.0. The molecule has 0 radical (unpaired) electrons. The van der Waals surface area contributed by atoms with Gasteiger partial charge in [-0.05, 0) is 98.2 Å². The van der Waals surface area contributed by atoms with Gasteiger partial charge in [0.1, 0.15) is 0 Å². The van der Waals surface area contributed by atoms with Crippen LogP contribution in [0.4, 0.5) is 0 Å². The van der Waals surface area contributed by atoms with Crippen LogP contribution in [-0.4, -0.2) is 0 Å². The van der Waals surface area contributed by atoms with E-state index in [0.717, 1.165) is 0 Å². The van der Waals surface area contributed by atoms with Gasteiger partial charge in [0.15, 0.2) is 0 Å². The molecule has 0 amide bonds. The van der Waals surface area contributed by atoms with Crippen LogP contribution in [0, 0.1) is 0 Å². The highest BCUT2D eigenvalue weighted by atomic mass is 127. The fourth-order valence-electron chi connectivity index (χ4n) is 1.60. The van der Waals surface area contributed by atoms with Gasteiger partial charge in [-0.15, -0.1) is 152 Å². The van der Waals surface area contributed by atoms with E-state index in [1.54, 1.807) is 0 Å². The summed E-state index contributed by atoms with van der Waals surface area (Å²) in [5, 5.41) is -0.854. The topological polar surface area (TPSA) is 0 Å². The molecule has 212 valence electrons. The first kappa shape index (κ1) is 50.0. The van der Waals surface area contributed by atoms with Crippen LogP contribution in [0.1, 0.15) is 0 Å². The lowest BCUT2D eigenvalue weighted by molar-refractivity contribution is 4.55. The van der Waals surface area contributed by atoms with Crippen molar-refractivity contribution in [3.63, 3.8) is 0 Å². The highest BCUT2D eigenvalue weighted by Crippen LogP contribution is 3.25. The SMILES string of the molecule is PP(P)P(P)P(P=S(I)(=PP(P(P)P)P(P)P)P(P(P(P)P)P(P)P)P(P(P)P)P(P)P)P(P)P. The van der Waals surface area contributed by atoms with E-state index in [1.807, 2.05) is 14.1 Å². The molecular formula is H34IP33S. The Bertz CT molecular complexity index is 657. The highest BCUT2D eigenvalue weighted by Gasteiger charge is 2.43. The summed E-state index contributed by atoms with van der Waals surface area (Å²) in [6.45, 7) is -0.841. The predicted molar refractivity (Wildman–Crippen MR) is 297 cm³/mol. The second-order valence-corrected chi connectivity index (χ2v) is 150. The molecule has 0 saturated carbocycles. The van der Waals surface area contributed by atoms with E-state index in [2.05, 4.69) is 173 Å². The quantitative estimate of drug-likeness (QED) is 0.120. The molecule has 0 heterocycles. The van der Waals surface area contributed by atoms with E-state index in [0.29, 0.717) is 0 Å². The van der Waals surface area contributed by atoms with Crippen LogP contribution < -0.4 is 0 Å². The maximum absolute atomic E-state index is 3.36. The van der Waals surface area contributed by atoms with Crippen LogP contribution in [0.25, 0.3) is 0 Å². The standard InChI is InChI=1S/H34IP33S/c1-35(19-30(22(4)5)23(6)7,20-31(24(8)9)29(18)21(2)3)34(32(25(10)11)26(12)13)33(27(14)15)28(16)17/h2-18H2. The van der Waals surface area contributed by atoms with Gasteiger partial charge < -0.3 is 0 Å². The van der Waals surface area contributed by atoms with Crippen molar-refractivity contribution >= 4 is 290 Å². The molecule has 0 N–H and O–H groups in total. The van der Waals surface area contributed by atoms with Crippen LogP contribution in [0.3, 0.4) is 0 Å². The first-order valence-corrected chi connectivity index (χ1v) is 70.9. The molecule has 0 aromatic heterocycles. The Morgan fingerprint density at radius 2 is 0.686 bits per heavy atom. The summed E-state index contributed by atoms with van der Waals surface area (Å²) < 4.78 is 0. The highest BCUT2D eigenvalue weighted by molar-refractivity contribution is 14.2. The maximum atomic E-state index is 3.36. The molecular weight excluding hydrogens is 1180 g/mol. The van der Waals surface area contributed by atoms with Crippen molar-refractivity contribution in [1.29, 1.82) is 0 Å². The van der Waals surface area contributed by atoms with E-state index >= 15 is 0 Å². The molecule has 0 fully saturated rings. The second-order valence-electron chi connectivity index (χ2n) is 5.30. The number of hydrogen-bond donors (Lipinski definition) is 0. The first-order valence-electron chi connectivity index (χ1n) is 7.69. The number of hydrogen-bond acceptors (Lipinski definition) is 0. The zero-order valence-electron chi connectivity index (χ0n) is 17.8. The molecule has 0 spiro atoms. The van der Waals surface area contributed by atoms with Gasteiger partial charge in [-0.2, -0.15) is 0 Å². The zero-order valence-corrected chi connectivity index (χ0v) is 54.7. The minimum Gasteiger partial charge on any atom is -0.102 e. The van der Waals surface area contributed by atoms with E-state index in [1.165, 1.54) is 0 Å². The third-order valence-electron chi connectivity index (χ3n) is 2.73. The third kappa shape index (κ3) is 19.2. The monoisotopic (exact) mass is 1220 g/mol. The lowest BCUT2D eigenvalue weighted by atomic mass is 28.6. The van der Waals surface area contributed by atoms with E-state index < -0.39 is 5.18 Å². The molecule has 35 heavy (non-hydrogen) atoms. The minimum atomic E-state index is -0.854. The Labute approximate surface area is 285 Å². The van der Waals surface area contributed by atoms with Gasteiger partial charge in [-0.25, -0.2) is 0 Å². The van der Waals surface area contributed by atoms with Crippen LogP contribution in [-0.2, 0) is 5.18 Å². The van der Waals surface area contributed by atoms with Crippen LogP contribution in [0.2, 0.25) is 0 Å². The van der Waals surface area contributed by atoms with Crippen molar-refractivity contribution in [2.75, 3.05) is 0 Å². The Morgan fingerprint density at radius 3 is 0.914 bits per heavy atom. The average molecular weight is 1220 g/mol. The van der Waals surface area contributed by atoms with Gasteiger partial charge in [0.05, 0.1) is 0 Å². The fraction of sp³-hybridized carbons (Fsp3) is 0. The first-order chi connectivity index (χ1) is 15.8. The number of halogens is 1. The maximum Gasteiger partial charge on any atom is 0.0304 e. The van der Waals surface area contributed by atoms with Gasteiger partial charge >= 0.3 is 0 Å². The summed E-state index contributed by atoms with van der Waals surface area (Å²) >= 11 is 3.18. The van der Waals surface area contributed by atoms with Crippen molar-refractivity contribution in [2.45, 2.75) is 0 Å². The van der Waals surface area contributed by atoms with Crippen LogP contribution >= 0.6 is 284 Å². The van der Waals surface area contributed by atoms with Gasteiger partial charge in [-0.1, -0.05) is 5.18 Å². The molecule has 0 aliphatic rings. The molecule has 20 atom stereocenters. The normalized spacial score (nSPS) is 17.5. The molecule has 0 rings (SSSR count). The third-order valence-corrected chi connectivity index (χ3v) is 234. The minimum absolute atomic E-state index is 0.0213. The molecule has 0 nitrogen and oxygen atoms in total. The van der Waals surface area contributed by atoms with Crippen molar-refractivity contribution in [1.82, 2.24) is 0 Å². The lowest BCUT2D eigenvalue weighted by Gasteiger charge is -2.44. The van der Waals surface area contributed by atoms with Crippen molar-refractivity contribution in [2.24, 2.45) is 0 Å². The molecule has 0 aliphatic carbocycles. The molecule has 0 aromatic rings. The van der Waals surface area contributed by atoms with Crippen molar-refractivity contribution in [3.05, 3.63) is 0 Å². The second kappa shape index (κ2) is 26.7. The fourth-order valence-corrected chi connectivity index (χ4v) is 422. The Kier molecular flexibility index (Phi) is 38.2. The molecule has 20 unspecified atom stereocenters. The Balaban J connectivity index is 7.87. The largest absolute Gasteiger partial charge is 0.102 e. The van der Waals surface area contributed by atoms with Crippen LogP contribution in [0.5, 0.6) is 0 Å². The van der Waals surface area contributed by atoms with E-state index in [4.69, 9.17) is 0 Å². The van der Waals surface area contributed by atoms with Crippen molar-refractivity contribution < 1.29 is 0 Å². The lowest BCUT2D eigenvalue weighted by Crippen LogP contribution is -1.72. The van der Waals surface area contributed by atoms with E-state index in [9.17, 15) is 0 Å².